The SMILES string of the molecule is COc1cc(F)c2nc(C)ncc2c1. The molecule has 2 aromatic rings. The molecule has 0 aliphatic heterocycles. The first-order valence-corrected chi connectivity index (χ1v) is 4.17. The molecule has 14 heavy (non-hydrogen) atoms. The van der Waals surface area contributed by atoms with Crippen molar-refractivity contribution in [1.82, 2.24) is 9.97 Å². The Balaban J connectivity index is 2.76. The first-order chi connectivity index (χ1) is 6.70. The van der Waals surface area contributed by atoms with Crippen LogP contribution in [0.1, 0.15) is 5.82 Å². The maximum absolute atomic E-state index is 13.4. The van der Waals surface area contributed by atoms with Crippen LogP contribution in [-0.2, 0) is 0 Å². The minimum Gasteiger partial charge on any atom is -0.497 e. The molecule has 2 rings (SSSR count). The molecule has 0 aliphatic rings. The Morgan fingerprint density at radius 3 is 2.86 bits per heavy atom. The molecular formula is C10H9FN2O. The normalized spacial score (nSPS) is 10.5. The molecule has 0 N–H and O–H groups in total. The summed E-state index contributed by atoms with van der Waals surface area (Å²) < 4.78 is 18.4. The minimum absolute atomic E-state index is 0.332. The predicted octanol–water partition coefficient (Wildman–Crippen LogP) is 2.09. The number of nitrogens with zero attached hydrogens (tertiary/aromatic N) is 2. The fraction of sp³-hybridized carbons (Fsp3) is 0.200. The van der Waals surface area contributed by atoms with E-state index in [4.69, 9.17) is 4.74 Å². The number of hydrogen-bond donors (Lipinski definition) is 0. The molecule has 0 radical (unpaired) electrons. The van der Waals surface area contributed by atoms with E-state index in [0.717, 1.165) is 0 Å². The first kappa shape index (κ1) is 8.87. The van der Waals surface area contributed by atoms with Crippen LogP contribution in [0.3, 0.4) is 0 Å². The lowest BCUT2D eigenvalue weighted by Crippen LogP contribution is -1.92. The van der Waals surface area contributed by atoms with Gasteiger partial charge in [-0.2, -0.15) is 0 Å². The van der Waals surface area contributed by atoms with E-state index in [0.29, 0.717) is 22.5 Å². The van der Waals surface area contributed by atoms with Crippen molar-refractivity contribution in [3.63, 3.8) is 0 Å². The third kappa shape index (κ3) is 1.39. The van der Waals surface area contributed by atoms with Crippen LogP contribution in [0.15, 0.2) is 18.3 Å². The zero-order chi connectivity index (χ0) is 10.1. The number of aromatic nitrogens is 2. The highest BCUT2D eigenvalue weighted by molar-refractivity contribution is 5.79. The van der Waals surface area contributed by atoms with E-state index >= 15 is 0 Å². The molecule has 0 unspecified atom stereocenters. The topological polar surface area (TPSA) is 35.0 Å². The number of fused-ring (bicyclic) bond motifs is 1. The summed E-state index contributed by atoms with van der Waals surface area (Å²) in [5.74, 6) is 0.647. The molecule has 0 saturated heterocycles. The van der Waals surface area contributed by atoms with Crippen molar-refractivity contribution in [3.8, 4) is 5.75 Å². The first-order valence-electron chi connectivity index (χ1n) is 4.17. The van der Waals surface area contributed by atoms with E-state index in [1.165, 1.54) is 13.2 Å². The molecule has 1 heterocycles. The van der Waals surface area contributed by atoms with Crippen LogP contribution >= 0.6 is 0 Å². The maximum atomic E-state index is 13.4. The van der Waals surface area contributed by atoms with E-state index in [9.17, 15) is 4.39 Å². The Kier molecular flexibility index (Phi) is 2.04. The van der Waals surface area contributed by atoms with Crippen molar-refractivity contribution < 1.29 is 9.13 Å². The van der Waals surface area contributed by atoms with Gasteiger partial charge in [-0.25, -0.2) is 14.4 Å². The van der Waals surface area contributed by atoms with E-state index in [1.807, 2.05) is 0 Å². The summed E-state index contributed by atoms with van der Waals surface area (Å²) in [4.78, 5) is 8.00. The minimum atomic E-state index is -0.384. The second-order valence-corrected chi connectivity index (χ2v) is 2.96. The van der Waals surface area contributed by atoms with Crippen molar-refractivity contribution in [2.75, 3.05) is 7.11 Å². The lowest BCUT2D eigenvalue weighted by Gasteiger charge is -2.03. The monoisotopic (exact) mass is 192 g/mol. The third-order valence-electron chi connectivity index (χ3n) is 1.97. The van der Waals surface area contributed by atoms with Gasteiger partial charge in [0, 0.05) is 17.6 Å². The Labute approximate surface area is 80.6 Å². The fourth-order valence-corrected chi connectivity index (χ4v) is 1.28. The molecule has 72 valence electrons. The van der Waals surface area contributed by atoms with Crippen molar-refractivity contribution in [2.45, 2.75) is 6.92 Å². The van der Waals surface area contributed by atoms with Gasteiger partial charge < -0.3 is 4.74 Å². The van der Waals surface area contributed by atoms with Crippen molar-refractivity contribution in [3.05, 3.63) is 30.0 Å². The van der Waals surface area contributed by atoms with Crippen LogP contribution in [0.5, 0.6) is 5.75 Å². The number of aryl methyl sites for hydroxylation is 1. The van der Waals surface area contributed by atoms with Gasteiger partial charge >= 0.3 is 0 Å². The molecule has 0 aliphatic carbocycles. The van der Waals surface area contributed by atoms with Crippen molar-refractivity contribution in [1.29, 1.82) is 0 Å². The van der Waals surface area contributed by atoms with Crippen LogP contribution in [0.25, 0.3) is 10.9 Å². The summed E-state index contributed by atoms with van der Waals surface area (Å²) >= 11 is 0. The van der Waals surface area contributed by atoms with Crippen LogP contribution in [0.4, 0.5) is 4.39 Å². The van der Waals surface area contributed by atoms with Crippen molar-refractivity contribution in [2.24, 2.45) is 0 Å². The molecule has 1 aromatic heterocycles. The van der Waals surface area contributed by atoms with E-state index in [2.05, 4.69) is 9.97 Å². The number of rotatable bonds is 1. The van der Waals surface area contributed by atoms with Crippen LogP contribution in [0.2, 0.25) is 0 Å². The molecule has 0 saturated carbocycles. The van der Waals surface area contributed by atoms with Gasteiger partial charge in [0.25, 0.3) is 0 Å². The molecular weight excluding hydrogens is 183 g/mol. The third-order valence-corrected chi connectivity index (χ3v) is 1.97. The van der Waals surface area contributed by atoms with Crippen molar-refractivity contribution >= 4 is 10.9 Å². The van der Waals surface area contributed by atoms with Gasteiger partial charge in [-0.1, -0.05) is 0 Å². The number of halogens is 1. The van der Waals surface area contributed by atoms with Gasteiger partial charge in [-0.15, -0.1) is 0 Å². The summed E-state index contributed by atoms with van der Waals surface area (Å²) in [6.07, 6.45) is 1.59. The Hall–Kier alpha value is -1.71. The molecule has 0 spiro atoms. The summed E-state index contributed by atoms with van der Waals surface area (Å²) in [7, 11) is 1.50. The van der Waals surface area contributed by atoms with E-state index in [-0.39, 0.29) is 5.82 Å². The Morgan fingerprint density at radius 1 is 1.36 bits per heavy atom. The second-order valence-electron chi connectivity index (χ2n) is 2.96. The van der Waals surface area contributed by atoms with Gasteiger partial charge in [0.1, 0.15) is 17.1 Å². The molecule has 0 atom stereocenters. The van der Waals surface area contributed by atoms with Crippen LogP contribution < -0.4 is 4.74 Å². The predicted molar refractivity (Wildman–Crippen MR) is 50.8 cm³/mol. The van der Waals surface area contributed by atoms with E-state index in [1.54, 1.807) is 19.2 Å². The lowest BCUT2D eigenvalue weighted by atomic mass is 10.2. The van der Waals surface area contributed by atoms with Gasteiger partial charge in [-0.05, 0) is 13.0 Å². The fourth-order valence-electron chi connectivity index (χ4n) is 1.28. The largest absolute Gasteiger partial charge is 0.497 e. The molecule has 0 bridgehead atoms. The number of hydrogen-bond acceptors (Lipinski definition) is 3. The smallest absolute Gasteiger partial charge is 0.153 e. The molecule has 3 nitrogen and oxygen atoms in total. The quantitative estimate of drug-likeness (QED) is 0.693. The zero-order valence-corrected chi connectivity index (χ0v) is 7.91. The van der Waals surface area contributed by atoms with Crippen LogP contribution in [-0.4, -0.2) is 17.1 Å². The highest BCUT2D eigenvalue weighted by Gasteiger charge is 2.05. The van der Waals surface area contributed by atoms with Gasteiger partial charge in [0.2, 0.25) is 0 Å². The average molecular weight is 192 g/mol. The number of ether oxygens (including phenoxy) is 1. The summed E-state index contributed by atoms with van der Waals surface area (Å²) in [6, 6.07) is 3.02. The van der Waals surface area contributed by atoms with Gasteiger partial charge in [0.15, 0.2) is 5.82 Å². The average Bonchev–Trinajstić information content (AvgIpc) is 2.19. The summed E-state index contributed by atoms with van der Waals surface area (Å²) in [6.45, 7) is 1.73. The molecule has 0 amide bonds. The summed E-state index contributed by atoms with van der Waals surface area (Å²) in [5.41, 5.74) is 0.332. The molecule has 1 aromatic carbocycles. The highest BCUT2D eigenvalue weighted by Crippen LogP contribution is 2.21. The number of methoxy groups -OCH3 is 1. The highest BCUT2D eigenvalue weighted by atomic mass is 19.1. The maximum Gasteiger partial charge on any atom is 0.153 e. The van der Waals surface area contributed by atoms with Crippen LogP contribution in [0, 0.1) is 12.7 Å². The summed E-state index contributed by atoms with van der Waals surface area (Å²) in [5, 5.41) is 0.646. The lowest BCUT2D eigenvalue weighted by molar-refractivity contribution is 0.412. The molecule has 4 heteroatoms. The van der Waals surface area contributed by atoms with E-state index < -0.39 is 0 Å². The Morgan fingerprint density at radius 2 is 2.14 bits per heavy atom. The second kappa shape index (κ2) is 3.21. The molecule has 0 fully saturated rings. The zero-order valence-electron chi connectivity index (χ0n) is 7.91. The van der Waals surface area contributed by atoms with Gasteiger partial charge in [0.05, 0.1) is 7.11 Å². The Bertz CT molecular complexity index is 485. The standard InChI is InChI=1S/C10H9FN2O/c1-6-12-5-7-3-8(14-2)4-9(11)10(7)13-6/h3-5H,1-2H3. The van der Waals surface area contributed by atoms with Gasteiger partial charge in [-0.3, -0.25) is 0 Å². The number of benzene rings is 1.